The zero-order valence-corrected chi connectivity index (χ0v) is 16.4. The number of hydrogen-bond donors (Lipinski definition) is 2. The molecule has 0 saturated carbocycles. The second-order valence-electron chi connectivity index (χ2n) is 5.94. The quantitative estimate of drug-likeness (QED) is 0.376. The molecule has 21 heavy (non-hydrogen) atoms. The molecule has 0 amide bonds. The van der Waals surface area contributed by atoms with Crippen molar-refractivity contribution in [2.45, 2.75) is 33.1 Å². The molecule has 0 aliphatic carbocycles. The van der Waals surface area contributed by atoms with Crippen molar-refractivity contribution in [3.8, 4) is 0 Å². The molecular formula is C13H29IN4O2S. The number of aliphatic imine (C=N–C) groups is 1. The van der Waals surface area contributed by atoms with Gasteiger partial charge in [-0.15, -0.1) is 24.0 Å². The van der Waals surface area contributed by atoms with Gasteiger partial charge in [-0.2, -0.15) is 0 Å². The minimum atomic E-state index is -3.04. The van der Waals surface area contributed by atoms with Crippen molar-refractivity contribution in [3.05, 3.63) is 0 Å². The van der Waals surface area contributed by atoms with Crippen molar-refractivity contribution < 1.29 is 8.42 Å². The SMILES string of the molecule is CC(C)CCNC(N)=NCC1CCN(S(C)(=O)=O)CC1.I. The molecular weight excluding hydrogens is 403 g/mol. The standard InChI is InChI=1S/C13H28N4O2S.HI/c1-11(2)4-7-15-13(14)16-10-12-5-8-17(9-6-12)20(3,18)19;/h11-12H,4-10H2,1-3H3,(H3,14,15,16);1H. The summed E-state index contributed by atoms with van der Waals surface area (Å²) in [5, 5.41) is 3.11. The molecule has 1 aliphatic heterocycles. The zero-order chi connectivity index (χ0) is 15.2. The van der Waals surface area contributed by atoms with Gasteiger partial charge in [0, 0.05) is 26.2 Å². The maximum Gasteiger partial charge on any atom is 0.211 e. The van der Waals surface area contributed by atoms with Crippen LogP contribution in [0, 0.1) is 11.8 Å². The van der Waals surface area contributed by atoms with E-state index in [1.807, 2.05) is 0 Å². The fraction of sp³-hybridized carbons (Fsp3) is 0.923. The summed E-state index contributed by atoms with van der Waals surface area (Å²) in [6.45, 7) is 7.06. The number of nitrogens with zero attached hydrogens (tertiary/aromatic N) is 2. The van der Waals surface area contributed by atoms with Gasteiger partial charge in [-0.25, -0.2) is 12.7 Å². The Morgan fingerprint density at radius 1 is 1.38 bits per heavy atom. The second-order valence-corrected chi connectivity index (χ2v) is 7.92. The van der Waals surface area contributed by atoms with E-state index < -0.39 is 10.0 Å². The van der Waals surface area contributed by atoms with Gasteiger partial charge in [0.15, 0.2) is 5.96 Å². The van der Waals surface area contributed by atoms with Gasteiger partial charge in [0.25, 0.3) is 0 Å². The van der Waals surface area contributed by atoms with Gasteiger partial charge < -0.3 is 11.1 Å². The Hall–Kier alpha value is -0.0900. The van der Waals surface area contributed by atoms with Crippen LogP contribution in [0.5, 0.6) is 0 Å². The lowest BCUT2D eigenvalue weighted by Crippen LogP contribution is -2.39. The summed E-state index contributed by atoms with van der Waals surface area (Å²) < 4.78 is 24.3. The van der Waals surface area contributed by atoms with Crippen molar-refractivity contribution >= 4 is 40.0 Å². The van der Waals surface area contributed by atoms with Gasteiger partial charge in [0.1, 0.15) is 0 Å². The van der Waals surface area contributed by atoms with Crippen LogP contribution in [0.25, 0.3) is 0 Å². The third-order valence-corrected chi connectivity index (χ3v) is 4.89. The number of nitrogens with one attached hydrogen (secondary N) is 1. The number of piperidine rings is 1. The largest absolute Gasteiger partial charge is 0.370 e. The Balaban J connectivity index is 0.00000400. The van der Waals surface area contributed by atoms with E-state index in [2.05, 4.69) is 24.2 Å². The van der Waals surface area contributed by atoms with Gasteiger partial charge in [-0.3, -0.25) is 4.99 Å². The molecule has 1 aliphatic rings. The van der Waals surface area contributed by atoms with Gasteiger partial charge in [0.05, 0.1) is 6.26 Å². The summed E-state index contributed by atoms with van der Waals surface area (Å²) in [7, 11) is -3.04. The van der Waals surface area contributed by atoms with E-state index in [0.29, 0.717) is 37.4 Å². The van der Waals surface area contributed by atoms with Crippen molar-refractivity contribution in [1.82, 2.24) is 9.62 Å². The molecule has 6 nitrogen and oxygen atoms in total. The predicted molar refractivity (Wildman–Crippen MR) is 98.5 cm³/mol. The average Bonchev–Trinajstić information content (AvgIpc) is 2.35. The monoisotopic (exact) mass is 432 g/mol. The predicted octanol–water partition coefficient (Wildman–Crippen LogP) is 1.23. The van der Waals surface area contributed by atoms with E-state index in [4.69, 9.17) is 5.73 Å². The molecule has 0 aromatic carbocycles. The third-order valence-electron chi connectivity index (χ3n) is 3.59. The van der Waals surface area contributed by atoms with E-state index in [9.17, 15) is 8.42 Å². The molecule has 0 spiro atoms. The van der Waals surface area contributed by atoms with Crippen LogP contribution in [0.2, 0.25) is 0 Å². The Labute approximate surface area is 146 Å². The lowest BCUT2D eigenvalue weighted by molar-refractivity contribution is 0.280. The van der Waals surface area contributed by atoms with Crippen molar-refractivity contribution in [3.63, 3.8) is 0 Å². The second kappa shape index (κ2) is 9.83. The number of nitrogens with two attached hydrogens (primary N) is 1. The number of sulfonamides is 1. The Morgan fingerprint density at radius 2 is 1.95 bits per heavy atom. The first-order valence-electron chi connectivity index (χ1n) is 7.28. The zero-order valence-electron chi connectivity index (χ0n) is 13.2. The summed E-state index contributed by atoms with van der Waals surface area (Å²) in [5.41, 5.74) is 5.81. The summed E-state index contributed by atoms with van der Waals surface area (Å²) in [6, 6.07) is 0. The molecule has 0 bridgehead atoms. The molecule has 1 heterocycles. The number of hydrogen-bond acceptors (Lipinski definition) is 3. The summed E-state index contributed by atoms with van der Waals surface area (Å²) >= 11 is 0. The van der Waals surface area contributed by atoms with Crippen LogP contribution in [0.1, 0.15) is 33.1 Å². The average molecular weight is 432 g/mol. The molecule has 0 atom stereocenters. The fourth-order valence-corrected chi connectivity index (χ4v) is 3.07. The van der Waals surface area contributed by atoms with Crippen LogP contribution in [-0.2, 0) is 10.0 Å². The van der Waals surface area contributed by atoms with Crippen LogP contribution in [-0.4, -0.2) is 51.1 Å². The molecule has 1 fully saturated rings. The Bertz CT molecular complexity index is 418. The normalized spacial score (nSPS) is 18.6. The van der Waals surface area contributed by atoms with Crippen LogP contribution in [0.4, 0.5) is 0 Å². The minimum absolute atomic E-state index is 0. The topological polar surface area (TPSA) is 87.8 Å². The smallest absolute Gasteiger partial charge is 0.211 e. The molecule has 0 radical (unpaired) electrons. The van der Waals surface area contributed by atoms with E-state index in [-0.39, 0.29) is 24.0 Å². The van der Waals surface area contributed by atoms with Gasteiger partial charge in [-0.05, 0) is 31.1 Å². The molecule has 3 N–H and O–H groups in total. The molecule has 1 rings (SSSR count). The number of halogens is 1. The third kappa shape index (κ3) is 8.82. The molecule has 0 aromatic heterocycles. The van der Waals surface area contributed by atoms with E-state index in [0.717, 1.165) is 25.8 Å². The molecule has 1 saturated heterocycles. The highest BCUT2D eigenvalue weighted by molar-refractivity contribution is 14.0. The van der Waals surface area contributed by atoms with E-state index in [1.165, 1.54) is 10.6 Å². The van der Waals surface area contributed by atoms with Gasteiger partial charge >= 0.3 is 0 Å². The maximum absolute atomic E-state index is 11.4. The minimum Gasteiger partial charge on any atom is -0.370 e. The van der Waals surface area contributed by atoms with Crippen molar-refractivity contribution in [2.75, 3.05) is 32.4 Å². The van der Waals surface area contributed by atoms with Crippen molar-refractivity contribution in [2.24, 2.45) is 22.6 Å². The Kier molecular flexibility index (Phi) is 9.79. The van der Waals surface area contributed by atoms with Crippen LogP contribution < -0.4 is 11.1 Å². The van der Waals surface area contributed by atoms with Crippen molar-refractivity contribution in [1.29, 1.82) is 0 Å². The molecule has 0 aromatic rings. The number of rotatable bonds is 6. The maximum atomic E-state index is 11.4. The lowest BCUT2D eigenvalue weighted by atomic mass is 9.98. The van der Waals surface area contributed by atoms with Crippen LogP contribution in [0.15, 0.2) is 4.99 Å². The van der Waals surface area contributed by atoms with Crippen LogP contribution in [0.3, 0.4) is 0 Å². The summed E-state index contributed by atoms with van der Waals surface area (Å²) in [6.07, 6.45) is 4.05. The molecule has 8 heteroatoms. The summed E-state index contributed by atoms with van der Waals surface area (Å²) in [5.74, 6) is 1.57. The van der Waals surface area contributed by atoms with Gasteiger partial charge in [-0.1, -0.05) is 13.8 Å². The highest BCUT2D eigenvalue weighted by Gasteiger charge is 2.24. The highest BCUT2D eigenvalue weighted by Crippen LogP contribution is 2.19. The molecule has 126 valence electrons. The first-order chi connectivity index (χ1) is 9.29. The Morgan fingerprint density at radius 3 is 2.43 bits per heavy atom. The summed E-state index contributed by atoms with van der Waals surface area (Å²) in [4.78, 5) is 4.35. The molecule has 0 unspecified atom stereocenters. The van der Waals surface area contributed by atoms with E-state index >= 15 is 0 Å². The first-order valence-corrected chi connectivity index (χ1v) is 9.12. The first kappa shape index (κ1) is 20.9. The lowest BCUT2D eigenvalue weighted by Gasteiger charge is -2.29. The number of guanidine groups is 1. The fourth-order valence-electron chi connectivity index (χ4n) is 2.20. The van der Waals surface area contributed by atoms with Gasteiger partial charge in [0.2, 0.25) is 10.0 Å². The van der Waals surface area contributed by atoms with Crippen LogP contribution >= 0.6 is 24.0 Å². The highest BCUT2D eigenvalue weighted by atomic mass is 127. The van der Waals surface area contributed by atoms with E-state index in [1.54, 1.807) is 0 Å².